The van der Waals surface area contributed by atoms with Crippen LogP contribution in [0.5, 0.6) is 11.5 Å². The summed E-state index contributed by atoms with van der Waals surface area (Å²) in [7, 11) is 0. The zero-order valence-corrected chi connectivity index (χ0v) is 14.8. The van der Waals surface area contributed by atoms with Crippen molar-refractivity contribution in [1.29, 1.82) is 0 Å². The Morgan fingerprint density at radius 3 is 2.31 bits per heavy atom. The summed E-state index contributed by atoms with van der Waals surface area (Å²) in [6.45, 7) is 5.64. The van der Waals surface area contributed by atoms with E-state index in [2.05, 4.69) is 11.9 Å². The van der Waals surface area contributed by atoms with Crippen molar-refractivity contribution in [3.8, 4) is 11.5 Å². The Hall–Kier alpha value is -2.85. The molecule has 3 aromatic carbocycles. The van der Waals surface area contributed by atoms with E-state index >= 15 is 0 Å². The van der Waals surface area contributed by atoms with Crippen LogP contribution in [0.3, 0.4) is 0 Å². The van der Waals surface area contributed by atoms with Crippen LogP contribution in [-0.4, -0.2) is 0 Å². The maximum Gasteiger partial charge on any atom is 0.135 e. The number of hydrogen-bond donors (Lipinski definition) is 1. The van der Waals surface area contributed by atoms with E-state index in [0.29, 0.717) is 22.2 Å². The average molecular weight is 372 g/mol. The zero-order chi connectivity index (χ0) is 18.7. The fraction of sp³-hybridized carbons (Fsp3) is 0.0476. The molecule has 0 saturated carbocycles. The molecule has 2 nitrogen and oxygen atoms in total. The van der Waals surface area contributed by atoms with Crippen molar-refractivity contribution >= 4 is 23.0 Å². The van der Waals surface area contributed by atoms with E-state index in [9.17, 15) is 8.78 Å². The summed E-state index contributed by atoms with van der Waals surface area (Å²) in [6.07, 6.45) is 0. The molecular formula is C21H16ClF2NO. The largest absolute Gasteiger partial charge is 0.457 e. The molecule has 0 heterocycles. The van der Waals surface area contributed by atoms with Gasteiger partial charge in [-0.25, -0.2) is 8.78 Å². The summed E-state index contributed by atoms with van der Waals surface area (Å²) >= 11 is 5.99. The van der Waals surface area contributed by atoms with Crippen LogP contribution in [0.15, 0.2) is 67.2 Å². The van der Waals surface area contributed by atoms with Crippen LogP contribution in [0.25, 0.3) is 5.70 Å². The van der Waals surface area contributed by atoms with Crippen molar-refractivity contribution in [3.63, 3.8) is 0 Å². The van der Waals surface area contributed by atoms with Crippen molar-refractivity contribution in [3.05, 3.63) is 95.0 Å². The molecule has 0 amide bonds. The molecular weight excluding hydrogens is 356 g/mol. The lowest BCUT2D eigenvalue weighted by Crippen LogP contribution is -2.02. The highest BCUT2D eigenvalue weighted by molar-refractivity contribution is 6.30. The van der Waals surface area contributed by atoms with Crippen LogP contribution in [0, 0.1) is 18.6 Å². The third kappa shape index (κ3) is 4.03. The fourth-order valence-electron chi connectivity index (χ4n) is 2.44. The third-order valence-corrected chi connectivity index (χ3v) is 4.03. The quantitative estimate of drug-likeness (QED) is 0.532. The fourth-order valence-corrected chi connectivity index (χ4v) is 2.60. The van der Waals surface area contributed by atoms with Gasteiger partial charge in [-0.15, -0.1) is 0 Å². The van der Waals surface area contributed by atoms with E-state index in [0.717, 1.165) is 5.56 Å². The molecule has 0 saturated heterocycles. The lowest BCUT2D eigenvalue weighted by molar-refractivity contribution is 0.479. The minimum atomic E-state index is -0.668. The van der Waals surface area contributed by atoms with Gasteiger partial charge in [0, 0.05) is 16.4 Å². The minimum absolute atomic E-state index is 0.139. The second kappa shape index (κ2) is 7.58. The van der Waals surface area contributed by atoms with Crippen molar-refractivity contribution in [2.75, 3.05) is 5.32 Å². The van der Waals surface area contributed by atoms with Gasteiger partial charge < -0.3 is 10.1 Å². The number of aryl methyl sites for hydroxylation is 1. The van der Waals surface area contributed by atoms with Gasteiger partial charge in [0.2, 0.25) is 0 Å². The normalized spacial score (nSPS) is 10.5. The summed E-state index contributed by atoms with van der Waals surface area (Å²) in [5.74, 6) is -0.0579. The van der Waals surface area contributed by atoms with E-state index in [1.54, 1.807) is 36.4 Å². The first-order valence-corrected chi connectivity index (χ1v) is 8.26. The molecule has 26 heavy (non-hydrogen) atoms. The summed E-state index contributed by atoms with van der Waals surface area (Å²) in [5.41, 5.74) is 1.55. The van der Waals surface area contributed by atoms with E-state index in [1.807, 2.05) is 13.0 Å². The van der Waals surface area contributed by atoms with Gasteiger partial charge in [0.15, 0.2) is 0 Å². The van der Waals surface area contributed by atoms with Crippen molar-refractivity contribution in [2.24, 2.45) is 0 Å². The summed E-state index contributed by atoms with van der Waals surface area (Å²) in [4.78, 5) is 0. The predicted octanol–water partition coefficient (Wildman–Crippen LogP) is 6.80. The van der Waals surface area contributed by atoms with Crippen LogP contribution >= 0.6 is 11.6 Å². The number of nitrogens with one attached hydrogen (secondary N) is 1. The average Bonchev–Trinajstić information content (AvgIpc) is 2.60. The van der Waals surface area contributed by atoms with Gasteiger partial charge in [-0.05, 0) is 61.0 Å². The molecule has 0 atom stereocenters. The Morgan fingerprint density at radius 1 is 1.00 bits per heavy atom. The molecule has 0 aliphatic heterocycles. The summed E-state index contributed by atoms with van der Waals surface area (Å²) in [5, 5.41) is 3.49. The summed E-state index contributed by atoms with van der Waals surface area (Å²) in [6, 6.07) is 16.1. The van der Waals surface area contributed by atoms with Gasteiger partial charge in [-0.3, -0.25) is 0 Å². The highest BCUT2D eigenvalue weighted by atomic mass is 35.5. The van der Waals surface area contributed by atoms with E-state index in [1.165, 1.54) is 18.2 Å². The number of hydrogen-bond acceptors (Lipinski definition) is 2. The molecule has 0 aromatic heterocycles. The van der Waals surface area contributed by atoms with Crippen molar-refractivity contribution < 1.29 is 13.5 Å². The monoisotopic (exact) mass is 371 g/mol. The molecule has 0 aliphatic rings. The van der Waals surface area contributed by atoms with E-state index in [-0.39, 0.29) is 11.3 Å². The van der Waals surface area contributed by atoms with Gasteiger partial charge in [0.05, 0.1) is 5.56 Å². The molecule has 0 unspecified atom stereocenters. The van der Waals surface area contributed by atoms with Crippen molar-refractivity contribution in [2.45, 2.75) is 6.92 Å². The highest BCUT2D eigenvalue weighted by Gasteiger charge is 2.12. The molecule has 0 fully saturated rings. The molecule has 0 aliphatic carbocycles. The van der Waals surface area contributed by atoms with Gasteiger partial charge >= 0.3 is 0 Å². The van der Waals surface area contributed by atoms with Crippen LogP contribution < -0.4 is 10.1 Å². The molecule has 132 valence electrons. The Balaban J connectivity index is 1.74. The first-order chi connectivity index (χ1) is 12.4. The lowest BCUT2D eigenvalue weighted by Gasteiger charge is -2.13. The smallest absolute Gasteiger partial charge is 0.135 e. The third-order valence-electron chi connectivity index (χ3n) is 3.79. The first-order valence-electron chi connectivity index (χ1n) is 7.88. The Morgan fingerprint density at radius 2 is 1.65 bits per heavy atom. The second-order valence-electron chi connectivity index (χ2n) is 5.74. The molecule has 3 aromatic rings. The SMILES string of the molecule is C=C(Nc1ccc(Oc2cc(Cl)ccc2C)cc1)c1c(F)cccc1F. The Bertz CT molecular complexity index is 934. The number of halogens is 3. The van der Waals surface area contributed by atoms with Gasteiger partial charge in [-0.2, -0.15) is 0 Å². The second-order valence-corrected chi connectivity index (χ2v) is 6.17. The van der Waals surface area contributed by atoms with Gasteiger partial charge in [0.1, 0.15) is 23.1 Å². The highest BCUT2D eigenvalue weighted by Crippen LogP contribution is 2.29. The van der Waals surface area contributed by atoms with Crippen molar-refractivity contribution in [1.82, 2.24) is 0 Å². The molecule has 0 radical (unpaired) electrons. The van der Waals surface area contributed by atoms with Gasteiger partial charge in [-0.1, -0.05) is 30.3 Å². The summed E-state index contributed by atoms with van der Waals surface area (Å²) < 4.78 is 33.4. The minimum Gasteiger partial charge on any atom is -0.457 e. The standard InChI is InChI=1S/C21H16ClF2NO/c1-13-6-7-15(22)12-20(13)26-17-10-8-16(9-11-17)25-14(2)21-18(23)4-3-5-19(21)24/h3-12,25H,2H2,1H3. The van der Waals surface area contributed by atoms with Crippen LogP contribution in [0.2, 0.25) is 5.02 Å². The Kier molecular flexibility index (Phi) is 5.24. The van der Waals surface area contributed by atoms with E-state index < -0.39 is 11.6 Å². The predicted molar refractivity (Wildman–Crippen MR) is 102 cm³/mol. The number of anilines is 1. The topological polar surface area (TPSA) is 21.3 Å². The molecule has 1 N–H and O–H groups in total. The molecule has 0 bridgehead atoms. The lowest BCUT2D eigenvalue weighted by atomic mass is 10.1. The maximum atomic E-state index is 13.8. The molecule has 5 heteroatoms. The molecule has 3 rings (SSSR count). The van der Waals surface area contributed by atoms with Crippen LogP contribution in [-0.2, 0) is 0 Å². The number of rotatable bonds is 5. The zero-order valence-electron chi connectivity index (χ0n) is 14.0. The van der Waals surface area contributed by atoms with Crippen LogP contribution in [0.4, 0.5) is 14.5 Å². The van der Waals surface area contributed by atoms with E-state index in [4.69, 9.17) is 16.3 Å². The maximum absolute atomic E-state index is 13.8. The number of benzene rings is 3. The molecule has 0 spiro atoms. The number of ether oxygens (including phenoxy) is 1. The van der Waals surface area contributed by atoms with Crippen LogP contribution in [0.1, 0.15) is 11.1 Å². The van der Waals surface area contributed by atoms with Gasteiger partial charge in [0.25, 0.3) is 0 Å². The Labute approximate surface area is 155 Å². The first kappa shape index (κ1) is 18.0.